The van der Waals surface area contributed by atoms with E-state index in [-0.39, 0.29) is 6.04 Å². The van der Waals surface area contributed by atoms with Gasteiger partial charge in [0.25, 0.3) is 0 Å². The van der Waals surface area contributed by atoms with Crippen molar-refractivity contribution in [3.63, 3.8) is 0 Å². The fourth-order valence-corrected chi connectivity index (χ4v) is 2.92. The highest BCUT2D eigenvalue weighted by Crippen LogP contribution is 2.25. The fraction of sp³-hybridized carbons (Fsp3) is 0.333. The van der Waals surface area contributed by atoms with Crippen molar-refractivity contribution < 1.29 is 0 Å². The van der Waals surface area contributed by atoms with Gasteiger partial charge < -0.3 is 10.6 Å². The van der Waals surface area contributed by atoms with Gasteiger partial charge in [0.15, 0.2) is 0 Å². The summed E-state index contributed by atoms with van der Waals surface area (Å²) in [5.41, 5.74) is 10.1. The molecule has 1 heterocycles. The van der Waals surface area contributed by atoms with Gasteiger partial charge in [-0.25, -0.2) is 0 Å². The van der Waals surface area contributed by atoms with Crippen LogP contribution in [-0.4, -0.2) is 13.1 Å². The molecule has 2 N–H and O–H groups in total. The average molecular weight is 266 g/mol. The monoisotopic (exact) mass is 266 g/mol. The third-order valence-electron chi connectivity index (χ3n) is 4.11. The minimum Gasteiger partial charge on any atom is -0.372 e. The molecule has 3 rings (SSSR count). The highest BCUT2D eigenvalue weighted by Gasteiger charge is 2.13. The zero-order valence-corrected chi connectivity index (χ0v) is 11.8. The van der Waals surface area contributed by atoms with Crippen LogP contribution in [0, 0.1) is 0 Å². The largest absolute Gasteiger partial charge is 0.372 e. The molecule has 0 aromatic heterocycles. The molecular weight excluding hydrogens is 244 g/mol. The summed E-state index contributed by atoms with van der Waals surface area (Å²) >= 11 is 0. The summed E-state index contributed by atoms with van der Waals surface area (Å²) in [5.74, 6) is 0. The lowest BCUT2D eigenvalue weighted by atomic mass is 9.98. The Kier molecular flexibility index (Phi) is 4.03. The number of nitrogens with two attached hydrogens (primary N) is 1. The lowest BCUT2D eigenvalue weighted by Gasteiger charge is -2.29. The van der Waals surface area contributed by atoms with E-state index in [1.807, 2.05) is 18.2 Å². The van der Waals surface area contributed by atoms with Gasteiger partial charge in [0.1, 0.15) is 0 Å². The van der Waals surface area contributed by atoms with Crippen molar-refractivity contribution in [1.29, 1.82) is 0 Å². The Bertz CT molecular complexity index is 544. The lowest BCUT2D eigenvalue weighted by molar-refractivity contribution is 0.577. The quantitative estimate of drug-likeness (QED) is 0.917. The van der Waals surface area contributed by atoms with Gasteiger partial charge in [-0.2, -0.15) is 0 Å². The van der Waals surface area contributed by atoms with Crippen LogP contribution in [-0.2, 0) is 0 Å². The topological polar surface area (TPSA) is 29.3 Å². The maximum absolute atomic E-state index is 6.40. The third kappa shape index (κ3) is 2.86. The van der Waals surface area contributed by atoms with Gasteiger partial charge in [0.05, 0.1) is 6.04 Å². The fourth-order valence-electron chi connectivity index (χ4n) is 2.92. The Hall–Kier alpha value is -1.80. The van der Waals surface area contributed by atoms with Crippen LogP contribution in [0.4, 0.5) is 5.69 Å². The Morgan fingerprint density at radius 2 is 1.50 bits per heavy atom. The maximum Gasteiger partial charge on any atom is 0.0552 e. The number of benzene rings is 2. The van der Waals surface area contributed by atoms with Crippen molar-refractivity contribution in [1.82, 2.24) is 0 Å². The van der Waals surface area contributed by atoms with Crippen LogP contribution in [0.2, 0.25) is 0 Å². The van der Waals surface area contributed by atoms with E-state index in [0.717, 1.165) is 0 Å². The summed E-state index contributed by atoms with van der Waals surface area (Å²) in [6.45, 7) is 2.34. The minimum absolute atomic E-state index is 0.0408. The van der Waals surface area contributed by atoms with Gasteiger partial charge >= 0.3 is 0 Å². The van der Waals surface area contributed by atoms with Crippen LogP contribution in [0.25, 0.3) is 0 Å². The first kappa shape index (κ1) is 13.2. The second-order valence-electron chi connectivity index (χ2n) is 5.53. The average Bonchev–Trinajstić information content (AvgIpc) is 2.56. The Morgan fingerprint density at radius 1 is 0.800 bits per heavy atom. The van der Waals surface area contributed by atoms with E-state index in [4.69, 9.17) is 5.73 Å². The molecule has 2 aromatic rings. The number of hydrogen-bond donors (Lipinski definition) is 1. The normalized spacial score (nSPS) is 16.9. The van der Waals surface area contributed by atoms with Crippen molar-refractivity contribution in [3.05, 3.63) is 65.7 Å². The number of hydrogen-bond acceptors (Lipinski definition) is 2. The van der Waals surface area contributed by atoms with Crippen molar-refractivity contribution >= 4 is 5.69 Å². The van der Waals surface area contributed by atoms with E-state index >= 15 is 0 Å². The van der Waals surface area contributed by atoms with E-state index in [9.17, 15) is 0 Å². The van der Waals surface area contributed by atoms with Crippen LogP contribution < -0.4 is 10.6 Å². The smallest absolute Gasteiger partial charge is 0.0552 e. The van der Waals surface area contributed by atoms with Gasteiger partial charge in [0.2, 0.25) is 0 Å². The van der Waals surface area contributed by atoms with Gasteiger partial charge in [-0.1, -0.05) is 42.5 Å². The second-order valence-corrected chi connectivity index (χ2v) is 5.53. The van der Waals surface area contributed by atoms with Crippen molar-refractivity contribution in [2.24, 2.45) is 5.73 Å². The van der Waals surface area contributed by atoms with E-state index < -0.39 is 0 Å². The molecule has 0 spiro atoms. The molecular formula is C18H22N2. The van der Waals surface area contributed by atoms with E-state index in [2.05, 4.69) is 41.3 Å². The maximum atomic E-state index is 6.40. The molecule has 2 heteroatoms. The first-order chi connectivity index (χ1) is 9.84. The molecule has 20 heavy (non-hydrogen) atoms. The highest BCUT2D eigenvalue weighted by atomic mass is 15.1. The van der Waals surface area contributed by atoms with Crippen molar-refractivity contribution in [2.45, 2.75) is 25.3 Å². The van der Waals surface area contributed by atoms with Crippen LogP contribution >= 0.6 is 0 Å². The molecule has 2 nitrogen and oxygen atoms in total. The first-order valence-corrected chi connectivity index (χ1v) is 7.50. The molecule has 104 valence electrons. The number of anilines is 1. The SMILES string of the molecule is NC(c1ccccc1)c1cccc(N2CCCCC2)c1. The number of piperidine rings is 1. The Balaban J connectivity index is 1.83. The van der Waals surface area contributed by atoms with Crippen LogP contribution in [0.5, 0.6) is 0 Å². The molecule has 0 amide bonds. The molecule has 1 unspecified atom stereocenters. The lowest BCUT2D eigenvalue weighted by Crippen LogP contribution is -2.29. The molecule has 0 aliphatic carbocycles. The minimum atomic E-state index is -0.0408. The molecule has 0 radical (unpaired) electrons. The van der Waals surface area contributed by atoms with Crippen molar-refractivity contribution in [3.8, 4) is 0 Å². The summed E-state index contributed by atoms with van der Waals surface area (Å²) in [6.07, 6.45) is 3.96. The number of rotatable bonds is 3. The number of nitrogens with zero attached hydrogens (tertiary/aromatic N) is 1. The molecule has 1 aliphatic rings. The zero-order valence-electron chi connectivity index (χ0n) is 11.8. The van der Waals surface area contributed by atoms with Crippen molar-refractivity contribution in [2.75, 3.05) is 18.0 Å². The van der Waals surface area contributed by atoms with Gasteiger partial charge in [-0.3, -0.25) is 0 Å². The van der Waals surface area contributed by atoms with Gasteiger partial charge in [-0.15, -0.1) is 0 Å². The summed E-state index contributed by atoms with van der Waals surface area (Å²) in [7, 11) is 0. The summed E-state index contributed by atoms with van der Waals surface area (Å²) in [6, 6.07) is 19.0. The Labute approximate surface area is 121 Å². The summed E-state index contributed by atoms with van der Waals surface area (Å²) in [4.78, 5) is 2.48. The van der Waals surface area contributed by atoms with E-state index in [0.29, 0.717) is 0 Å². The van der Waals surface area contributed by atoms with Crippen LogP contribution in [0.1, 0.15) is 36.4 Å². The standard InChI is InChI=1S/C18H22N2/c19-18(15-8-3-1-4-9-15)16-10-7-11-17(14-16)20-12-5-2-6-13-20/h1,3-4,7-11,14,18H,2,5-6,12-13,19H2. The molecule has 0 bridgehead atoms. The van der Waals surface area contributed by atoms with Crippen LogP contribution in [0.15, 0.2) is 54.6 Å². The van der Waals surface area contributed by atoms with E-state index in [1.54, 1.807) is 0 Å². The molecule has 2 aromatic carbocycles. The summed E-state index contributed by atoms with van der Waals surface area (Å²) < 4.78 is 0. The molecule has 1 fully saturated rings. The highest BCUT2D eigenvalue weighted by molar-refractivity contribution is 5.50. The molecule has 1 saturated heterocycles. The predicted octanol–water partition coefficient (Wildman–Crippen LogP) is 3.73. The predicted molar refractivity (Wildman–Crippen MR) is 85.0 cm³/mol. The second kappa shape index (κ2) is 6.10. The molecule has 1 aliphatic heterocycles. The van der Waals surface area contributed by atoms with E-state index in [1.165, 1.54) is 49.2 Å². The van der Waals surface area contributed by atoms with Gasteiger partial charge in [0, 0.05) is 18.8 Å². The zero-order chi connectivity index (χ0) is 13.8. The molecule has 0 saturated carbocycles. The summed E-state index contributed by atoms with van der Waals surface area (Å²) in [5, 5.41) is 0. The third-order valence-corrected chi connectivity index (χ3v) is 4.11. The Morgan fingerprint density at radius 3 is 2.25 bits per heavy atom. The van der Waals surface area contributed by atoms with Gasteiger partial charge in [-0.05, 0) is 42.5 Å². The molecule has 1 atom stereocenters. The van der Waals surface area contributed by atoms with Crippen LogP contribution in [0.3, 0.4) is 0 Å². The first-order valence-electron chi connectivity index (χ1n) is 7.50.